The minimum absolute atomic E-state index is 0.0225. The summed E-state index contributed by atoms with van der Waals surface area (Å²) in [7, 11) is 1.83. The van der Waals surface area contributed by atoms with Crippen LogP contribution in [0.1, 0.15) is 26.2 Å². The number of anilines is 1. The second-order valence-corrected chi connectivity index (χ2v) is 3.71. The van der Waals surface area contributed by atoms with Crippen molar-refractivity contribution in [1.82, 2.24) is 5.43 Å². The number of hydrogen-bond acceptors (Lipinski definition) is 2. The van der Waals surface area contributed by atoms with Gasteiger partial charge in [0.2, 0.25) is 5.91 Å². The molecule has 1 aromatic rings. The maximum absolute atomic E-state index is 11.6. The van der Waals surface area contributed by atoms with E-state index < -0.39 is 0 Å². The average Bonchev–Trinajstić information content (AvgIpc) is 2.36. The molecule has 0 heterocycles. The highest BCUT2D eigenvalue weighted by molar-refractivity contribution is 5.77. The van der Waals surface area contributed by atoms with Crippen LogP contribution in [-0.4, -0.2) is 13.0 Å². The SMILES string of the molecule is CC#CCCCC(=O)NN(C)c1ccccc1. The predicted octanol–water partition coefficient (Wildman–Crippen LogP) is 2.35. The number of benzene rings is 1. The Balaban J connectivity index is 2.33. The quantitative estimate of drug-likeness (QED) is 0.478. The number of para-hydroxylation sites is 1. The fourth-order valence-electron chi connectivity index (χ4n) is 1.42. The lowest BCUT2D eigenvalue weighted by Crippen LogP contribution is -2.39. The summed E-state index contributed by atoms with van der Waals surface area (Å²) in [6, 6.07) is 9.72. The topological polar surface area (TPSA) is 32.3 Å². The Morgan fingerprint density at radius 2 is 2.06 bits per heavy atom. The lowest BCUT2D eigenvalue weighted by Gasteiger charge is -2.19. The van der Waals surface area contributed by atoms with E-state index in [2.05, 4.69) is 17.3 Å². The third kappa shape index (κ3) is 5.07. The van der Waals surface area contributed by atoms with Crippen LogP contribution in [0.4, 0.5) is 5.69 Å². The Hall–Kier alpha value is -1.95. The van der Waals surface area contributed by atoms with Crippen molar-refractivity contribution in [2.75, 3.05) is 12.1 Å². The number of nitrogens with one attached hydrogen (secondary N) is 1. The van der Waals surface area contributed by atoms with Crippen molar-refractivity contribution in [3.8, 4) is 11.8 Å². The number of carbonyl (C=O) groups is 1. The molecule has 0 saturated heterocycles. The Morgan fingerprint density at radius 1 is 1.35 bits per heavy atom. The van der Waals surface area contributed by atoms with Gasteiger partial charge in [0.05, 0.1) is 5.69 Å². The lowest BCUT2D eigenvalue weighted by atomic mass is 10.2. The lowest BCUT2D eigenvalue weighted by molar-refractivity contribution is -0.121. The summed E-state index contributed by atoms with van der Waals surface area (Å²) in [4.78, 5) is 11.6. The van der Waals surface area contributed by atoms with Crippen LogP contribution in [0.15, 0.2) is 30.3 Å². The monoisotopic (exact) mass is 230 g/mol. The molecule has 0 unspecified atom stereocenters. The second-order valence-electron chi connectivity index (χ2n) is 3.71. The van der Waals surface area contributed by atoms with Gasteiger partial charge in [-0.25, -0.2) is 0 Å². The number of hydrogen-bond donors (Lipinski definition) is 1. The van der Waals surface area contributed by atoms with Crippen molar-refractivity contribution < 1.29 is 4.79 Å². The van der Waals surface area contributed by atoms with Crippen molar-refractivity contribution in [1.29, 1.82) is 0 Å². The van der Waals surface area contributed by atoms with Gasteiger partial charge >= 0.3 is 0 Å². The average molecular weight is 230 g/mol. The Morgan fingerprint density at radius 3 is 2.71 bits per heavy atom. The van der Waals surface area contributed by atoms with Gasteiger partial charge in [-0.3, -0.25) is 15.2 Å². The maximum Gasteiger partial charge on any atom is 0.238 e. The van der Waals surface area contributed by atoms with Crippen molar-refractivity contribution >= 4 is 11.6 Å². The zero-order valence-electron chi connectivity index (χ0n) is 10.4. The largest absolute Gasteiger partial charge is 0.289 e. The number of hydrazine groups is 1. The first-order valence-electron chi connectivity index (χ1n) is 5.72. The van der Waals surface area contributed by atoms with Crippen LogP contribution in [0.3, 0.4) is 0 Å². The van der Waals surface area contributed by atoms with Gasteiger partial charge in [-0.05, 0) is 25.5 Å². The van der Waals surface area contributed by atoms with Gasteiger partial charge in [0.15, 0.2) is 0 Å². The van der Waals surface area contributed by atoms with Crippen LogP contribution in [0.25, 0.3) is 0 Å². The van der Waals surface area contributed by atoms with E-state index in [0.29, 0.717) is 6.42 Å². The first-order chi connectivity index (χ1) is 8.24. The van der Waals surface area contributed by atoms with Gasteiger partial charge in [-0.15, -0.1) is 11.8 Å². The van der Waals surface area contributed by atoms with Crippen LogP contribution in [-0.2, 0) is 4.79 Å². The molecule has 1 aromatic carbocycles. The van der Waals surface area contributed by atoms with Gasteiger partial charge in [-0.2, -0.15) is 0 Å². The molecular weight excluding hydrogens is 212 g/mol. The van der Waals surface area contributed by atoms with Crippen molar-refractivity contribution in [3.63, 3.8) is 0 Å². The van der Waals surface area contributed by atoms with Crippen molar-refractivity contribution in [3.05, 3.63) is 30.3 Å². The van der Waals surface area contributed by atoms with E-state index in [1.54, 1.807) is 5.01 Å². The molecule has 0 aliphatic carbocycles. The van der Waals surface area contributed by atoms with Crippen LogP contribution >= 0.6 is 0 Å². The molecule has 1 rings (SSSR count). The van der Waals surface area contributed by atoms with Gasteiger partial charge in [0.1, 0.15) is 0 Å². The van der Waals surface area contributed by atoms with Crippen LogP contribution in [0, 0.1) is 11.8 Å². The predicted molar refractivity (Wildman–Crippen MR) is 70.3 cm³/mol. The highest BCUT2D eigenvalue weighted by Gasteiger charge is 2.04. The Bertz CT molecular complexity index is 403. The highest BCUT2D eigenvalue weighted by atomic mass is 16.2. The molecule has 17 heavy (non-hydrogen) atoms. The molecule has 1 amide bonds. The second kappa shape index (κ2) is 7.34. The van der Waals surface area contributed by atoms with Gasteiger partial charge < -0.3 is 0 Å². The van der Waals surface area contributed by atoms with E-state index in [1.165, 1.54) is 0 Å². The number of unbranched alkanes of at least 4 members (excludes halogenated alkanes) is 1. The smallest absolute Gasteiger partial charge is 0.238 e. The summed E-state index contributed by atoms with van der Waals surface area (Å²) in [6.45, 7) is 1.81. The number of rotatable bonds is 5. The molecule has 0 bridgehead atoms. The summed E-state index contributed by atoms with van der Waals surface area (Å²) >= 11 is 0. The van der Waals surface area contributed by atoms with E-state index in [4.69, 9.17) is 0 Å². The molecule has 0 fully saturated rings. The molecule has 1 N–H and O–H groups in total. The minimum Gasteiger partial charge on any atom is -0.289 e. The third-order valence-electron chi connectivity index (χ3n) is 2.32. The van der Waals surface area contributed by atoms with Crippen LogP contribution < -0.4 is 10.4 Å². The number of carbonyl (C=O) groups excluding carboxylic acids is 1. The Kier molecular flexibility index (Phi) is 5.67. The standard InChI is InChI=1S/C14H18N2O/c1-3-4-5-9-12-14(17)15-16(2)13-10-7-6-8-11-13/h6-8,10-11H,5,9,12H2,1-2H3,(H,15,17). The first kappa shape index (κ1) is 13.1. The molecule has 0 aliphatic rings. The van der Waals surface area contributed by atoms with Crippen LogP contribution in [0.2, 0.25) is 0 Å². The van der Waals surface area contributed by atoms with Crippen molar-refractivity contribution in [2.24, 2.45) is 0 Å². The summed E-state index contributed by atoms with van der Waals surface area (Å²) in [5.41, 5.74) is 3.79. The zero-order valence-corrected chi connectivity index (χ0v) is 10.4. The molecule has 3 nitrogen and oxygen atoms in total. The van der Waals surface area contributed by atoms with E-state index in [9.17, 15) is 4.79 Å². The summed E-state index contributed by atoms with van der Waals surface area (Å²) in [6.07, 6.45) is 2.08. The van der Waals surface area contributed by atoms with E-state index >= 15 is 0 Å². The molecular formula is C14H18N2O. The number of amides is 1. The van der Waals surface area contributed by atoms with E-state index in [-0.39, 0.29) is 5.91 Å². The molecule has 0 aliphatic heterocycles. The van der Waals surface area contributed by atoms with Crippen LogP contribution in [0.5, 0.6) is 0 Å². The molecule has 0 radical (unpaired) electrons. The van der Waals surface area contributed by atoms with Crippen molar-refractivity contribution in [2.45, 2.75) is 26.2 Å². The zero-order chi connectivity index (χ0) is 12.5. The number of nitrogens with zero attached hydrogens (tertiary/aromatic N) is 1. The third-order valence-corrected chi connectivity index (χ3v) is 2.32. The summed E-state index contributed by atoms with van der Waals surface area (Å²) < 4.78 is 0. The fourth-order valence-corrected chi connectivity index (χ4v) is 1.42. The Labute approximate surface area is 103 Å². The fraction of sp³-hybridized carbons (Fsp3) is 0.357. The molecule has 0 spiro atoms. The highest BCUT2D eigenvalue weighted by Crippen LogP contribution is 2.08. The summed E-state index contributed by atoms with van der Waals surface area (Å²) in [5.74, 6) is 5.78. The molecule has 0 aromatic heterocycles. The molecule has 0 saturated carbocycles. The molecule has 0 atom stereocenters. The van der Waals surface area contributed by atoms with E-state index in [1.807, 2.05) is 44.3 Å². The van der Waals surface area contributed by atoms with Gasteiger partial charge in [0, 0.05) is 19.9 Å². The van der Waals surface area contributed by atoms with E-state index in [0.717, 1.165) is 18.5 Å². The molecule has 90 valence electrons. The first-order valence-corrected chi connectivity index (χ1v) is 5.72. The normalized spacial score (nSPS) is 9.06. The maximum atomic E-state index is 11.6. The summed E-state index contributed by atoms with van der Waals surface area (Å²) in [5, 5.41) is 1.73. The minimum atomic E-state index is 0.0225. The molecule has 3 heteroatoms. The van der Waals surface area contributed by atoms with Gasteiger partial charge in [0.25, 0.3) is 0 Å². The van der Waals surface area contributed by atoms with Gasteiger partial charge in [-0.1, -0.05) is 18.2 Å².